The molecular formula is C31H33F3N4O3. The lowest BCUT2D eigenvalue weighted by molar-refractivity contribution is -0.137. The molecule has 0 aliphatic carbocycles. The summed E-state index contributed by atoms with van der Waals surface area (Å²) in [5, 5.41) is 5.55. The van der Waals surface area contributed by atoms with Crippen LogP contribution in [-0.4, -0.2) is 47.3 Å². The van der Waals surface area contributed by atoms with Crippen LogP contribution in [0.25, 0.3) is 0 Å². The molecule has 0 spiro atoms. The van der Waals surface area contributed by atoms with E-state index < -0.39 is 47.6 Å². The smallest absolute Gasteiger partial charge is 0.368 e. The molecule has 1 aliphatic rings. The highest BCUT2D eigenvalue weighted by Gasteiger charge is 2.35. The van der Waals surface area contributed by atoms with Gasteiger partial charge in [-0.05, 0) is 42.1 Å². The van der Waals surface area contributed by atoms with Gasteiger partial charge in [0.15, 0.2) is 0 Å². The molecule has 0 saturated carbocycles. The van der Waals surface area contributed by atoms with E-state index in [1.807, 2.05) is 65.6 Å². The molecular weight excluding hydrogens is 533 g/mol. The number of nitrogens with two attached hydrogens (primary N) is 1. The molecule has 1 fully saturated rings. The summed E-state index contributed by atoms with van der Waals surface area (Å²) in [6.07, 6.45) is -2.90. The van der Waals surface area contributed by atoms with Gasteiger partial charge in [0.05, 0.1) is 11.6 Å². The average molecular weight is 567 g/mol. The summed E-state index contributed by atoms with van der Waals surface area (Å²) in [6, 6.07) is 20.7. The number of nitrogens with zero attached hydrogens (tertiary/aromatic N) is 1. The van der Waals surface area contributed by atoms with E-state index in [1.165, 1.54) is 6.07 Å². The number of carbonyl (C=O) groups is 3. The van der Waals surface area contributed by atoms with Crippen molar-refractivity contribution in [3.8, 4) is 0 Å². The molecule has 0 radical (unpaired) electrons. The van der Waals surface area contributed by atoms with E-state index in [-0.39, 0.29) is 19.4 Å². The number of hydrogen-bond acceptors (Lipinski definition) is 4. The molecule has 4 N–H and O–H groups in total. The van der Waals surface area contributed by atoms with Crippen LogP contribution in [0.2, 0.25) is 0 Å². The Hall–Kier alpha value is -4.18. The van der Waals surface area contributed by atoms with Crippen molar-refractivity contribution in [1.82, 2.24) is 15.5 Å². The third-order valence-electron chi connectivity index (χ3n) is 7.16. The second kappa shape index (κ2) is 13.5. The van der Waals surface area contributed by atoms with Crippen molar-refractivity contribution in [3.05, 3.63) is 107 Å². The largest absolute Gasteiger partial charge is 0.416 e. The maximum atomic E-state index is 13.5. The molecule has 4 rings (SSSR count). The van der Waals surface area contributed by atoms with Gasteiger partial charge in [0, 0.05) is 19.4 Å². The van der Waals surface area contributed by atoms with Crippen LogP contribution < -0.4 is 16.4 Å². The molecule has 7 nitrogen and oxygen atoms in total. The molecule has 10 heteroatoms. The predicted octanol–water partition coefficient (Wildman–Crippen LogP) is 3.61. The Bertz CT molecular complexity index is 1340. The van der Waals surface area contributed by atoms with Gasteiger partial charge in [0.1, 0.15) is 12.1 Å². The highest BCUT2D eigenvalue weighted by molar-refractivity contribution is 5.93. The quantitative estimate of drug-likeness (QED) is 0.330. The fourth-order valence-electron chi connectivity index (χ4n) is 5.06. The maximum Gasteiger partial charge on any atom is 0.416 e. The first-order chi connectivity index (χ1) is 19.6. The molecule has 216 valence electrons. The fourth-order valence-corrected chi connectivity index (χ4v) is 5.06. The molecule has 3 amide bonds. The minimum Gasteiger partial charge on any atom is -0.368 e. The van der Waals surface area contributed by atoms with Gasteiger partial charge in [-0.25, -0.2) is 0 Å². The normalized spacial score (nSPS) is 17.0. The second-order valence-corrected chi connectivity index (χ2v) is 10.2. The summed E-state index contributed by atoms with van der Waals surface area (Å²) in [5.74, 6) is -1.65. The zero-order valence-electron chi connectivity index (χ0n) is 22.4. The molecule has 0 bridgehead atoms. The summed E-state index contributed by atoms with van der Waals surface area (Å²) in [5.41, 5.74) is 6.92. The van der Waals surface area contributed by atoms with Crippen molar-refractivity contribution < 1.29 is 27.6 Å². The average Bonchev–Trinajstić information content (AvgIpc) is 3.41. The number of alkyl halides is 3. The zero-order valence-corrected chi connectivity index (χ0v) is 22.4. The summed E-state index contributed by atoms with van der Waals surface area (Å²) < 4.78 is 39.6. The minimum absolute atomic E-state index is 0.165. The van der Waals surface area contributed by atoms with E-state index in [9.17, 15) is 27.6 Å². The van der Waals surface area contributed by atoms with Crippen molar-refractivity contribution in [2.75, 3.05) is 6.54 Å². The number of nitrogens with one attached hydrogen (secondary N) is 2. The van der Waals surface area contributed by atoms with Gasteiger partial charge in [-0.3, -0.25) is 19.3 Å². The Kier molecular flexibility index (Phi) is 9.78. The molecule has 3 aromatic rings. The lowest BCUT2D eigenvalue weighted by Gasteiger charge is -2.27. The number of halogens is 3. The number of rotatable bonds is 11. The molecule has 1 saturated heterocycles. The van der Waals surface area contributed by atoms with Gasteiger partial charge in [-0.1, -0.05) is 78.9 Å². The van der Waals surface area contributed by atoms with Gasteiger partial charge in [0.2, 0.25) is 17.7 Å². The van der Waals surface area contributed by atoms with E-state index in [0.717, 1.165) is 23.3 Å². The third kappa shape index (κ3) is 8.40. The molecule has 3 aromatic carbocycles. The zero-order chi connectivity index (χ0) is 29.4. The highest BCUT2D eigenvalue weighted by Crippen LogP contribution is 2.30. The first kappa shape index (κ1) is 29.8. The van der Waals surface area contributed by atoms with Crippen molar-refractivity contribution in [2.24, 2.45) is 5.73 Å². The second-order valence-electron chi connectivity index (χ2n) is 10.2. The summed E-state index contributed by atoms with van der Waals surface area (Å²) in [6.45, 7) is 0.698. The van der Waals surface area contributed by atoms with Gasteiger partial charge in [-0.2, -0.15) is 13.2 Å². The summed E-state index contributed by atoms with van der Waals surface area (Å²) >= 11 is 0. The first-order valence-corrected chi connectivity index (χ1v) is 13.5. The van der Waals surface area contributed by atoms with Gasteiger partial charge >= 0.3 is 6.18 Å². The number of hydrogen-bond donors (Lipinski definition) is 3. The molecule has 1 aliphatic heterocycles. The number of benzene rings is 3. The van der Waals surface area contributed by atoms with Crippen LogP contribution in [-0.2, 0) is 39.9 Å². The summed E-state index contributed by atoms with van der Waals surface area (Å²) in [7, 11) is 0. The van der Waals surface area contributed by atoms with E-state index in [2.05, 4.69) is 10.6 Å². The van der Waals surface area contributed by atoms with E-state index in [0.29, 0.717) is 24.9 Å². The number of carbonyl (C=O) groups excluding carboxylic acids is 3. The van der Waals surface area contributed by atoms with Crippen LogP contribution in [0.3, 0.4) is 0 Å². The number of primary amides is 1. The molecule has 41 heavy (non-hydrogen) atoms. The van der Waals surface area contributed by atoms with Crippen molar-refractivity contribution in [3.63, 3.8) is 0 Å². The SMILES string of the molecule is NC(=O)[C@H](Cc1ccccc1)NC(=O)[C@H](Cc1ccccc1)NC(=O)[C@@H]1CCCN1Cc1cccc(C(F)(F)F)c1. The Morgan fingerprint density at radius 1 is 0.829 bits per heavy atom. The van der Waals surface area contributed by atoms with Crippen LogP contribution in [0.15, 0.2) is 84.9 Å². The summed E-state index contributed by atoms with van der Waals surface area (Å²) in [4.78, 5) is 41.0. The van der Waals surface area contributed by atoms with E-state index in [4.69, 9.17) is 5.73 Å². The Balaban J connectivity index is 1.48. The topological polar surface area (TPSA) is 105 Å². The number of likely N-dealkylation sites (tertiary alicyclic amines) is 1. The van der Waals surface area contributed by atoms with Crippen LogP contribution in [0, 0.1) is 0 Å². The molecule has 0 aromatic heterocycles. The van der Waals surface area contributed by atoms with Crippen molar-refractivity contribution in [2.45, 2.75) is 56.5 Å². The van der Waals surface area contributed by atoms with Crippen LogP contribution in [0.5, 0.6) is 0 Å². The van der Waals surface area contributed by atoms with Crippen molar-refractivity contribution in [1.29, 1.82) is 0 Å². The Labute approximate surface area is 236 Å². The molecule has 1 heterocycles. The monoisotopic (exact) mass is 566 g/mol. The van der Waals surface area contributed by atoms with Crippen LogP contribution >= 0.6 is 0 Å². The fraction of sp³-hybridized carbons (Fsp3) is 0.323. The minimum atomic E-state index is -4.46. The number of amides is 3. The third-order valence-corrected chi connectivity index (χ3v) is 7.16. The Morgan fingerprint density at radius 2 is 1.41 bits per heavy atom. The lowest BCUT2D eigenvalue weighted by Crippen LogP contribution is -2.56. The first-order valence-electron chi connectivity index (χ1n) is 13.5. The lowest BCUT2D eigenvalue weighted by atomic mass is 10.0. The van der Waals surface area contributed by atoms with Crippen molar-refractivity contribution >= 4 is 17.7 Å². The van der Waals surface area contributed by atoms with Gasteiger partial charge in [0.25, 0.3) is 0 Å². The van der Waals surface area contributed by atoms with Crippen LogP contribution in [0.4, 0.5) is 13.2 Å². The Morgan fingerprint density at radius 3 is 2.00 bits per heavy atom. The van der Waals surface area contributed by atoms with Crippen LogP contribution in [0.1, 0.15) is 35.1 Å². The maximum absolute atomic E-state index is 13.5. The molecule has 0 unspecified atom stereocenters. The van der Waals surface area contributed by atoms with E-state index in [1.54, 1.807) is 6.07 Å². The molecule has 3 atom stereocenters. The highest BCUT2D eigenvalue weighted by atomic mass is 19.4. The standard InChI is InChI=1S/C31H33F3N4O3/c32-31(33,34)24-14-7-13-23(17-24)20-38-16-8-15-27(38)30(41)37-26(19-22-11-5-2-6-12-22)29(40)36-25(28(35)39)18-21-9-3-1-4-10-21/h1-7,9-14,17,25-27H,8,15-16,18-20H2,(H2,35,39)(H,36,40)(H,37,41)/t25-,26-,27-/m0/s1. The van der Waals surface area contributed by atoms with Gasteiger partial charge < -0.3 is 16.4 Å². The van der Waals surface area contributed by atoms with Gasteiger partial charge in [-0.15, -0.1) is 0 Å². The van der Waals surface area contributed by atoms with E-state index >= 15 is 0 Å². The predicted molar refractivity (Wildman–Crippen MR) is 148 cm³/mol.